The van der Waals surface area contributed by atoms with Gasteiger partial charge in [-0.25, -0.2) is 4.98 Å². The number of ether oxygens (including phenoxy) is 1. The summed E-state index contributed by atoms with van der Waals surface area (Å²) in [5, 5.41) is 3.48. The maximum atomic E-state index is 11.8. The van der Waals surface area contributed by atoms with Crippen molar-refractivity contribution >= 4 is 32.6 Å². The van der Waals surface area contributed by atoms with E-state index in [9.17, 15) is 4.79 Å². The molecule has 0 spiro atoms. The Morgan fingerprint density at radius 2 is 2.26 bits per heavy atom. The van der Waals surface area contributed by atoms with E-state index < -0.39 is 0 Å². The number of methoxy groups -OCH3 is 1. The van der Waals surface area contributed by atoms with Crippen molar-refractivity contribution in [2.75, 3.05) is 12.4 Å². The second-order valence-corrected chi connectivity index (χ2v) is 5.84. The van der Waals surface area contributed by atoms with Gasteiger partial charge in [0.15, 0.2) is 5.13 Å². The highest BCUT2D eigenvalue weighted by atomic mass is 32.1. The number of hydrogen-bond donors (Lipinski definition) is 1. The third kappa shape index (κ3) is 3.44. The molecule has 0 saturated carbocycles. The van der Waals surface area contributed by atoms with Gasteiger partial charge in [0.1, 0.15) is 11.3 Å². The van der Waals surface area contributed by atoms with E-state index in [1.807, 2.05) is 18.2 Å². The molecule has 4 nitrogen and oxygen atoms in total. The number of carbonyl (C=O) groups is 1. The number of aromatic nitrogens is 1. The molecule has 0 radical (unpaired) electrons. The Morgan fingerprint density at radius 1 is 1.47 bits per heavy atom. The lowest BCUT2D eigenvalue weighted by Crippen LogP contribution is -2.11. The van der Waals surface area contributed by atoms with Gasteiger partial charge in [0.05, 0.1) is 11.8 Å². The molecule has 0 unspecified atom stereocenters. The van der Waals surface area contributed by atoms with E-state index in [1.54, 1.807) is 7.11 Å². The summed E-state index contributed by atoms with van der Waals surface area (Å²) in [5.74, 6) is 1.28. The lowest BCUT2D eigenvalue weighted by Gasteiger charge is -2.03. The van der Waals surface area contributed by atoms with Crippen LogP contribution in [0, 0.1) is 5.92 Å². The number of hydrogen-bond acceptors (Lipinski definition) is 4. The van der Waals surface area contributed by atoms with Crippen molar-refractivity contribution < 1.29 is 9.53 Å². The number of fused-ring (bicyclic) bond motifs is 1. The number of rotatable bonds is 5. The quantitative estimate of drug-likeness (QED) is 0.907. The number of carbonyl (C=O) groups excluding carboxylic acids is 1. The van der Waals surface area contributed by atoms with Gasteiger partial charge in [0.2, 0.25) is 5.91 Å². The van der Waals surface area contributed by atoms with E-state index in [-0.39, 0.29) is 5.91 Å². The summed E-state index contributed by atoms with van der Waals surface area (Å²) in [6.07, 6.45) is 1.42. The first-order chi connectivity index (χ1) is 9.10. The zero-order valence-corrected chi connectivity index (χ0v) is 12.2. The van der Waals surface area contributed by atoms with E-state index in [0.29, 0.717) is 17.5 Å². The fraction of sp³-hybridized carbons (Fsp3) is 0.429. The molecule has 2 aromatic rings. The number of benzene rings is 1. The van der Waals surface area contributed by atoms with Gasteiger partial charge in [-0.2, -0.15) is 0 Å². The van der Waals surface area contributed by atoms with Crippen LogP contribution in [0.5, 0.6) is 5.75 Å². The first-order valence-corrected chi connectivity index (χ1v) is 7.15. The van der Waals surface area contributed by atoms with Crippen LogP contribution in [0.3, 0.4) is 0 Å². The third-order valence-corrected chi connectivity index (χ3v) is 3.73. The molecule has 1 aromatic heterocycles. The first kappa shape index (κ1) is 13.8. The molecule has 0 saturated heterocycles. The molecule has 0 fully saturated rings. The van der Waals surface area contributed by atoms with Crippen molar-refractivity contribution in [3.05, 3.63) is 18.2 Å². The van der Waals surface area contributed by atoms with E-state index in [0.717, 1.165) is 22.4 Å². The zero-order valence-electron chi connectivity index (χ0n) is 11.4. The highest BCUT2D eigenvalue weighted by molar-refractivity contribution is 7.22. The number of nitrogens with one attached hydrogen (secondary N) is 1. The zero-order chi connectivity index (χ0) is 13.8. The minimum Gasteiger partial charge on any atom is -0.494 e. The number of amides is 1. The van der Waals surface area contributed by atoms with E-state index in [1.165, 1.54) is 11.3 Å². The van der Waals surface area contributed by atoms with Crippen LogP contribution in [0.4, 0.5) is 5.13 Å². The highest BCUT2D eigenvalue weighted by Crippen LogP contribution is 2.32. The summed E-state index contributed by atoms with van der Waals surface area (Å²) in [6, 6.07) is 5.76. The minimum atomic E-state index is 0.0201. The van der Waals surface area contributed by atoms with Crippen molar-refractivity contribution in [2.45, 2.75) is 26.7 Å². The van der Waals surface area contributed by atoms with Gasteiger partial charge in [0, 0.05) is 6.42 Å². The summed E-state index contributed by atoms with van der Waals surface area (Å²) in [7, 11) is 1.62. The standard InChI is InChI=1S/C14H18N2O2S/c1-9(2)7-8-12(17)15-14-16-13-10(18-3)5-4-6-11(13)19-14/h4-6,9H,7-8H2,1-3H3,(H,15,16,17). The lowest BCUT2D eigenvalue weighted by atomic mass is 10.1. The molecule has 0 aliphatic heterocycles. The largest absolute Gasteiger partial charge is 0.494 e. The van der Waals surface area contributed by atoms with Crippen LogP contribution in [0.1, 0.15) is 26.7 Å². The van der Waals surface area contributed by atoms with Crippen molar-refractivity contribution in [1.82, 2.24) is 4.98 Å². The van der Waals surface area contributed by atoms with Gasteiger partial charge in [0.25, 0.3) is 0 Å². The number of nitrogens with zero attached hydrogens (tertiary/aromatic N) is 1. The monoisotopic (exact) mass is 278 g/mol. The minimum absolute atomic E-state index is 0.0201. The van der Waals surface area contributed by atoms with Gasteiger partial charge in [-0.05, 0) is 24.5 Å². The summed E-state index contributed by atoms with van der Waals surface area (Å²) in [5.41, 5.74) is 0.800. The van der Waals surface area contributed by atoms with Crippen LogP contribution in [-0.2, 0) is 4.79 Å². The predicted octanol–water partition coefficient (Wildman–Crippen LogP) is 3.68. The molecule has 1 aromatic carbocycles. The van der Waals surface area contributed by atoms with Gasteiger partial charge in [-0.3, -0.25) is 4.79 Å². The maximum Gasteiger partial charge on any atom is 0.226 e. The average Bonchev–Trinajstić information content (AvgIpc) is 2.78. The average molecular weight is 278 g/mol. The molecule has 1 heterocycles. The predicted molar refractivity (Wildman–Crippen MR) is 78.9 cm³/mol. The van der Waals surface area contributed by atoms with E-state index >= 15 is 0 Å². The summed E-state index contributed by atoms with van der Waals surface area (Å²) in [6.45, 7) is 4.21. The Bertz CT molecular complexity index is 578. The van der Waals surface area contributed by atoms with Crippen LogP contribution in [-0.4, -0.2) is 18.0 Å². The molecule has 0 bridgehead atoms. The second-order valence-electron chi connectivity index (χ2n) is 4.81. The lowest BCUT2D eigenvalue weighted by molar-refractivity contribution is -0.116. The molecular formula is C14H18N2O2S. The van der Waals surface area contributed by atoms with Crippen molar-refractivity contribution in [2.24, 2.45) is 5.92 Å². The Kier molecular flexibility index (Phi) is 4.37. The van der Waals surface area contributed by atoms with E-state index in [2.05, 4.69) is 24.1 Å². The smallest absolute Gasteiger partial charge is 0.226 e. The fourth-order valence-electron chi connectivity index (χ4n) is 1.74. The third-order valence-electron chi connectivity index (χ3n) is 2.80. The molecule has 1 N–H and O–H groups in total. The van der Waals surface area contributed by atoms with Crippen LogP contribution in [0.25, 0.3) is 10.2 Å². The Hall–Kier alpha value is -1.62. The number of para-hydroxylation sites is 1. The van der Waals surface area contributed by atoms with Gasteiger partial charge >= 0.3 is 0 Å². The molecule has 5 heteroatoms. The van der Waals surface area contributed by atoms with Gasteiger partial charge < -0.3 is 10.1 Å². The SMILES string of the molecule is COc1cccc2sc(NC(=O)CCC(C)C)nc12. The van der Waals surface area contributed by atoms with E-state index in [4.69, 9.17) is 4.74 Å². The topological polar surface area (TPSA) is 51.2 Å². The van der Waals surface area contributed by atoms with Crippen molar-refractivity contribution in [3.8, 4) is 5.75 Å². The first-order valence-electron chi connectivity index (χ1n) is 6.33. The van der Waals surface area contributed by atoms with Crippen LogP contribution in [0.2, 0.25) is 0 Å². The van der Waals surface area contributed by atoms with Crippen LogP contribution >= 0.6 is 11.3 Å². The second kappa shape index (κ2) is 6.02. The molecule has 102 valence electrons. The van der Waals surface area contributed by atoms with Crippen molar-refractivity contribution in [1.29, 1.82) is 0 Å². The molecule has 1 amide bonds. The van der Waals surface area contributed by atoms with Crippen LogP contribution < -0.4 is 10.1 Å². The molecule has 2 rings (SSSR count). The molecular weight excluding hydrogens is 260 g/mol. The Balaban J connectivity index is 2.11. The van der Waals surface area contributed by atoms with Crippen LogP contribution in [0.15, 0.2) is 18.2 Å². The van der Waals surface area contributed by atoms with Gasteiger partial charge in [-0.15, -0.1) is 0 Å². The molecule has 19 heavy (non-hydrogen) atoms. The summed E-state index contributed by atoms with van der Waals surface area (Å²) >= 11 is 1.47. The van der Waals surface area contributed by atoms with Gasteiger partial charge in [-0.1, -0.05) is 31.3 Å². The molecule has 0 aliphatic rings. The fourth-order valence-corrected chi connectivity index (χ4v) is 2.64. The number of thiazole rings is 1. The normalized spacial score (nSPS) is 10.9. The number of anilines is 1. The molecule has 0 atom stereocenters. The highest BCUT2D eigenvalue weighted by Gasteiger charge is 2.11. The Labute approximate surface area is 116 Å². The molecule has 0 aliphatic carbocycles. The maximum absolute atomic E-state index is 11.8. The summed E-state index contributed by atoms with van der Waals surface area (Å²) < 4.78 is 6.27. The summed E-state index contributed by atoms with van der Waals surface area (Å²) in [4.78, 5) is 16.2. The Morgan fingerprint density at radius 3 is 2.95 bits per heavy atom. The van der Waals surface area contributed by atoms with Crippen molar-refractivity contribution in [3.63, 3.8) is 0 Å².